The predicted octanol–water partition coefficient (Wildman–Crippen LogP) is 17.6. The quantitative estimate of drug-likeness (QED) is 0.154. The van der Waals surface area contributed by atoms with Crippen molar-refractivity contribution in [1.82, 2.24) is 0 Å². The van der Waals surface area contributed by atoms with Gasteiger partial charge in [-0.05, 0) is 128 Å². The Labute approximate surface area is 380 Å². The molecule has 1 aliphatic rings. The first-order valence-electron chi connectivity index (χ1n) is 21.9. The Morgan fingerprint density at radius 2 is 0.703 bits per heavy atom. The molecular formula is C61H39NS2. The molecule has 0 radical (unpaired) electrons. The van der Waals surface area contributed by atoms with Crippen molar-refractivity contribution in [1.29, 1.82) is 0 Å². The summed E-state index contributed by atoms with van der Waals surface area (Å²) in [5.41, 5.74) is 15.4. The van der Waals surface area contributed by atoms with E-state index in [2.05, 4.69) is 241 Å². The van der Waals surface area contributed by atoms with Gasteiger partial charge in [0.05, 0.1) is 5.41 Å². The fourth-order valence-electron chi connectivity index (χ4n) is 10.4. The van der Waals surface area contributed by atoms with Crippen molar-refractivity contribution < 1.29 is 0 Å². The van der Waals surface area contributed by atoms with Crippen molar-refractivity contribution in [3.05, 3.63) is 259 Å². The van der Waals surface area contributed by atoms with Crippen molar-refractivity contribution in [2.24, 2.45) is 0 Å². The van der Waals surface area contributed by atoms with Crippen LogP contribution in [0.3, 0.4) is 0 Å². The maximum absolute atomic E-state index is 2.43. The molecule has 0 N–H and O–H groups in total. The van der Waals surface area contributed by atoms with Crippen molar-refractivity contribution in [2.75, 3.05) is 4.90 Å². The van der Waals surface area contributed by atoms with Gasteiger partial charge in [-0.1, -0.05) is 164 Å². The molecule has 0 saturated carbocycles. The minimum Gasteiger partial charge on any atom is -0.310 e. The van der Waals surface area contributed by atoms with Crippen LogP contribution in [0.15, 0.2) is 237 Å². The van der Waals surface area contributed by atoms with E-state index in [0.717, 1.165) is 17.1 Å². The Morgan fingerprint density at radius 1 is 0.281 bits per heavy atom. The Kier molecular flexibility index (Phi) is 8.55. The van der Waals surface area contributed by atoms with Gasteiger partial charge in [0.2, 0.25) is 0 Å². The van der Waals surface area contributed by atoms with Crippen molar-refractivity contribution in [2.45, 2.75) is 5.41 Å². The van der Waals surface area contributed by atoms with Crippen molar-refractivity contribution >= 4 is 80.1 Å². The fourth-order valence-corrected chi connectivity index (χ4v) is 12.6. The first kappa shape index (κ1) is 37.0. The predicted molar refractivity (Wildman–Crippen MR) is 275 cm³/mol. The lowest BCUT2D eigenvalue weighted by Crippen LogP contribution is -2.28. The normalized spacial score (nSPS) is 12.8. The number of hydrogen-bond acceptors (Lipinski definition) is 3. The standard InChI is InChI=1S/C61H39NS2/c1-3-13-44(14-4-1)61(45-15-5-2-6-16-45)55-20-10-7-17-49(55)52-39-48(33-34-56(52)61)62(46-29-23-40(24-30-46)42-27-35-59-53(37-42)50-18-8-11-21-57(50)63-59)47-31-25-41(26-32-47)43-28-36-60-54(38-43)51-19-9-12-22-58(51)64-60/h1-39H. The van der Waals surface area contributed by atoms with Gasteiger partial charge in [0.15, 0.2) is 0 Å². The number of hydrogen-bond donors (Lipinski definition) is 0. The van der Waals surface area contributed by atoms with Gasteiger partial charge in [-0.2, -0.15) is 0 Å². The summed E-state index contributed by atoms with van der Waals surface area (Å²) in [5, 5.41) is 5.27. The molecular weight excluding hydrogens is 811 g/mol. The summed E-state index contributed by atoms with van der Waals surface area (Å²) in [6.45, 7) is 0. The van der Waals surface area contributed by atoms with E-state index in [1.165, 1.54) is 96.0 Å². The molecule has 0 fully saturated rings. The number of benzene rings is 10. The molecule has 12 aromatic rings. The maximum atomic E-state index is 2.43. The second-order valence-corrected chi connectivity index (χ2v) is 19.0. The number of fused-ring (bicyclic) bond motifs is 9. The second kappa shape index (κ2) is 14.8. The third kappa shape index (κ3) is 5.75. The smallest absolute Gasteiger partial charge is 0.0713 e. The molecule has 0 saturated heterocycles. The molecule has 2 aromatic heterocycles. The summed E-state index contributed by atoms with van der Waals surface area (Å²) in [5.74, 6) is 0. The molecule has 3 heteroatoms. The summed E-state index contributed by atoms with van der Waals surface area (Å²) in [6.07, 6.45) is 0. The van der Waals surface area contributed by atoms with E-state index in [9.17, 15) is 0 Å². The lowest BCUT2D eigenvalue weighted by atomic mass is 9.68. The van der Waals surface area contributed by atoms with Gasteiger partial charge >= 0.3 is 0 Å². The Balaban J connectivity index is 0.958. The minimum atomic E-state index is -0.454. The van der Waals surface area contributed by atoms with Gasteiger partial charge in [-0.25, -0.2) is 0 Å². The monoisotopic (exact) mass is 849 g/mol. The molecule has 2 heterocycles. The molecule has 64 heavy (non-hydrogen) atoms. The van der Waals surface area contributed by atoms with Gasteiger partial charge in [-0.3, -0.25) is 0 Å². The van der Waals surface area contributed by atoms with Crippen LogP contribution in [0.1, 0.15) is 22.3 Å². The van der Waals surface area contributed by atoms with Crippen LogP contribution in [0.5, 0.6) is 0 Å². The minimum absolute atomic E-state index is 0.454. The molecule has 0 unspecified atom stereocenters. The molecule has 0 amide bonds. The van der Waals surface area contributed by atoms with E-state index in [-0.39, 0.29) is 0 Å². The first-order valence-corrected chi connectivity index (χ1v) is 23.5. The summed E-state index contributed by atoms with van der Waals surface area (Å²) in [6, 6.07) is 87.8. The zero-order valence-electron chi connectivity index (χ0n) is 34.8. The summed E-state index contributed by atoms with van der Waals surface area (Å²) in [4.78, 5) is 2.42. The average molecular weight is 850 g/mol. The largest absolute Gasteiger partial charge is 0.310 e. The van der Waals surface area contributed by atoms with Gasteiger partial charge < -0.3 is 4.90 Å². The Hall–Kier alpha value is -7.56. The zero-order valence-corrected chi connectivity index (χ0v) is 36.4. The van der Waals surface area contributed by atoms with Crippen LogP contribution in [0, 0.1) is 0 Å². The molecule has 1 nitrogen and oxygen atoms in total. The van der Waals surface area contributed by atoms with E-state index in [0.29, 0.717) is 0 Å². The van der Waals surface area contributed by atoms with E-state index < -0.39 is 5.41 Å². The number of thiophene rings is 2. The van der Waals surface area contributed by atoms with Crippen LogP contribution in [-0.2, 0) is 5.41 Å². The van der Waals surface area contributed by atoms with Crippen molar-refractivity contribution in [3.8, 4) is 33.4 Å². The lowest BCUT2D eigenvalue weighted by molar-refractivity contribution is 0.768. The van der Waals surface area contributed by atoms with Gasteiger partial charge in [-0.15, -0.1) is 22.7 Å². The zero-order chi connectivity index (χ0) is 42.2. The highest BCUT2D eigenvalue weighted by Gasteiger charge is 2.46. The van der Waals surface area contributed by atoms with Gasteiger partial charge in [0.1, 0.15) is 0 Å². The van der Waals surface area contributed by atoms with E-state index >= 15 is 0 Å². The van der Waals surface area contributed by atoms with E-state index in [4.69, 9.17) is 0 Å². The third-order valence-corrected chi connectivity index (χ3v) is 15.7. The first-order chi connectivity index (χ1) is 31.7. The number of rotatable bonds is 7. The van der Waals surface area contributed by atoms with Crippen LogP contribution in [0.4, 0.5) is 17.1 Å². The maximum Gasteiger partial charge on any atom is 0.0713 e. The van der Waals surface area contributed by atoms with Gasteiger partial charge in [0, 0.05) is 57.4 Å². The molecule has 13 rings (SSSR count). The number of anilines is 3. The van der Waals surface area contributed by atoms with Crippen LogP contribution in [-0.4, -0.2) is 0 Å². The molecule has 0 aliphatic heterocycles. The second-order valence-electron chi connectivity index (χ2n) is 16.8. The summed E-state index contributed by atoms with van der Waals surface area (Å²) >= 11 is 3.73. The van der Waals surface area contributed by atoms with Crippen LogP contribution in [0.25, 0.3) is 73.7 Å². The molecule has 0 spiro atoms. The summed E-state index contributed by atoms with van der Waals surface area (Å²) in [7, 11) is 0. The third-order valence-electron chi connectivity index (χ3n) is 13.4. The number of nitrogens with zero attached hydrogens (tertiary/aromatic N) is 1. The van der Waals surface area contributed by atoms with Crippen LogP contribution < -0.4 is 4.90 Å². The van der Waals surface area contributed by atoms with Crippen LogP contribution >= 0.6 is 22.7 Å². The van der Waals surface area contributed by atoms with E-state index in [1.54, 1.807) is 0 Å². The Morgan fingerprint density at radius 3 is 1.25 bits per heavy atom. The lowest BCUT2D eigenvalue weighted by Gasteiger charge is -2.34. The molecule has 0 bridgehead atoms. The van der Waals surface area contributed by atoms with E-state index in [1.807, 2.05) is 22.7 Å². The average Bonchev–Trinajstić information content (AvgIpc) is 4.03. The molecule has 300 valence electrons. The highest BCUT2D eigenvalue weighted by Crippen LogP contribution is 2.57. The molecule has 10 aromatic carbocycles. The van der Waals surface area contributed by atoms with Gasteiger partial charge in [0.25, 0.3) is 0 Å². The SMILES string of the molecule is c1ccc(C2(c3ccccc3)c3ccccc3-c3cc(N(c4ccc(-c5ccc6sc7ccccc7c6c5)cc4)c4ccc(-c5ccc6sc7ccccc7c6c5)cc4)ccc32)cc1. The highest BCUT2D eigenvalue weighted by molar-refractivity contribution is 7.26. The molecule has 0 atom stereocenters. The van der Waals surface area contributed by atoms with Crippen molar-refractivity contribution in [3.63, 3.8) is 0 Å². The van der Waals surface area contributed by atoms with Crippen LogP contribution in [0.2, 0.25) is 0 Å². The topological polar surface area (TPSA) is 3.24 Å². The highest BCUT2D eigenvalue weighted by atomic mass is 32.1. The molecule has 1 aliphatic carbocycles. The Bertz CT molecular complexity index is 3520. The summed E-state index contributed by atoms with van der Waals surface area (Å²) < 4.78 is 5.30. The fraction of sp³-hybridized carbons (Fsp3) is 0.0164.